The van der Waals surface area contributed by atoms with Crippen molar-refractivity contribution in [3.05, 3.63) is 23.5 Å². The summed E-state index contributed by atoms with van der Waals surface area (Å²) in [6, 6.07) is 3.95. The van der Waals surface area contributed by atoms with Crippen molar-refractivity contribution in [1.82, 2.24) is 14.9 Å². The zero-order chi connectivity index (χ0) is 16.4. The Kier molecular flexibility index (Phi) is 4.49. The molecule has 1 unspecified atom stereocenters. The van der Waals surface area contributed by atoms with Gasteiger partial charge in [-0.25, -0.2) is 4.98 Å². The average Bonchev–Trinajstić information content (AvgIpc) is 2.89. The van der Waals surface area contributed by atoms with Crippen LogP contribution in [0, 0.1) is 0 Å². The molecule has 124 valence electrons. The van der Waals surface area contributed by atoms with E-state index in [-0.39, 0.29) is 12.0 Å². The van der Waals surface area contributed by atoms with Crippen molar-refractivity contribution >= 4 is 22.7 Å². The normalized spacial score (nSPS) is 18.3. The molecule has 1 aliphatic rings. The van der Waals surface area contributed by atoms with Gasteiger partial charge in [-0.2, -0.15) is 0 Å². The largest absolute Gasteiger partial charge is 0.469 e. The third-order valence-corrected chi connectivity index (χ3v) is 4.21. The number of nitrogens with two attached hydrogens (primary N) is 1. The Labute approximate surface area is 134 Å². The zero-order valence-electron chi connectivity index (χ0n) is 13.5. The van der Waals surface area contributed by atoms with Crippen LogP contribution in [0.3, 0.4) is 0 Å². The van der Waals surface area contributed by atoms with Crippen LogP contribution in [0.15, 0.2) is 12.1 Å². The van der Waals surface area contributed by atoms with E-state index < -0.39 is 0 Å². The van der Waals surface area contributed by atoms with Gasteiger partial charge in [-0.15, -0.1) is 0 Å². The van der Waals surface area contributed by atoms with Gasteiger partial charge in [0.05, 0.1) is 43.8 Å². The first-order chi connectivity index (χ1) is 11.1. The molecular formula is C16H22N4O3. The Morgan fingerprint density at radius 2 is 2.39 bits per heavy atom. The number of hydrogen-bond donors (Lipinski definition) is 2. The van der Waals surface area contributed by atoms with Gasteiger partial charge in [-0.05, 0) is 12.1 Å². The third kappa shape index (κ3) is 3.16. The molecule has 1 fully saturated rings. The minimum Gasteiger partial charge on any atom is -0.469 e. The Hall–Kier alpha value is -2.12. The molecule has 0 aliphatic carbocycles. The maximum atomic E-state index is 11.4. The van der Waals surface area contributed by atoms with Crippen LogP contribution in [-0.2, 0) is 27.7 Å². The van der Waals surface area contributed by atoms with Crippen molar-refractivity contribution in [2.45, 2.75) is 18.9 Å². The smallest absolute Gasteiger partial charge is 0.305 e. The van der Waals surface area contributed by atoms with E-state index in [1.807, 2.05) is 23.7 Å². The van der Waals surface area contributed by atoms with Gasteiger partial charge in [0.2, 0.25) is 0 Å². The first-order valence-corrected chi connectivity index (χ1v) is 7.73. The van der Waals surface area contributed by atoms with E-state index in [0.717, 1.165) is 29.0 Å². The highest BCUT2D eigenvalue weighted by Crippen LogP contribution is 2.29. The number of aryl methyl sites for hydroxylation is 2. The number of nitrogens with one attached hydrogen (secondary N) is 1. The Morgan fingerprint density at radius 1 is 1.57 bits per heavy atom. The van der Waals surface area contributed by atoms with Crippen LogP contribution in [-0.4, -0.2) is 42.4 Å². The molecule has 3 rings (SSSR count). The van der Waals surface area contributed by atoms with Gasteiger partial charge in [-0.1, -0.05) is 0 Å². The molecule has 2 heterocycles. The van der Waals surface area contributed by atoms with E-state index in [1.54, 1.807) is 0 Å². The Bertz CT molecular complexity index is 720. The van der Waals surface area contributed by atoms with Gasteiger partial charge in [0.1, 0.15) is 5.82 Å². The molecule has 1 saturated heterocycles. The highest BCUT2D eigenvalue weighted by Gasteiger charge is 2.21. The summed E-state index contributed by atoms with van der Waals surface area (Å²) in [5, 5.41) is 3.44. The summed E-state index contributed by atoms with van der Waals surface area (Å²) < 4.78 is 12.2. The Balaban J connectivity index is 1.98. The fraction of sp³-hybridized carbons (Fsp3) is 0.500. The van der Waals surface area contributed by atoms with E-state index in [1.165, 1.54) is 7.11 Å². The van der Waals surface area contributed by atoms with Crippen LogP contribution in [0.5, 0.6) is 0 Å². The summed E-state index contributed by atoms with van der Waals surface area (Å²) in [6.07, 6.45) is 0.842. The van der Waals surface area contributed by atoms with Crippen molar-refractivity contribution in [3.8, 4) is 0 Å². The standard InChI is InChI=1S/C16H22N4O3/c1-20-13-8-10(17)7-11(12-9-23-6-5-18-12)16(13)19-14(20)3-4-15(21)22-2/h7-8,12,18H,3-6,9,17H2,1-2H3. The average molecular weight is 318 g/mol. The fourth-order valence-corrected chi connectivity index (χ4v) is 2.95. The van der Waals surface area contributed by atoms with Crippen molar-refractivity contribution in [2.24, 2.45) is 7.05 Å². The van der Waals surface area contributed by atoms with E-state index >= 15 is 0 Å². The van der Waals surface area contributed by atoms with Gasteiger partial charge in [-0.3, -0.25) is 4.79 Å². The number of hydrogen-bond acceptors (Lipinski definition) is 6. The van der Waals surface area contributed by atoms with Crippen molar-refractivity contribution < 1.29 is 14.3 Å². The number of aromatic nitrogens is 2. The van der Waals surface area contributed by atoms with Crippen LogP contribution in [0.25, 0.3) is 11.0 Å². The first-order valence-electron chi connectivity index (χ1n) is 7.73. The predicted octanol–water partition coefficient (Wildman–Crippen LogP) is 0.922. The molecule has 7 heteroatoms. The van der Waals surface area contributed by atoms with Crippen molar-refractivity contribution in [1.29, 1.82) is 0 Å². The number of benzene rings is 1. The van der Waals surface area contributed by atoms with E-state index in [0.29, 0.717) is 31.7 Å². The predicted molar refractivity (Wildman–Crippen MR) is 87.0 cm³/mol. The number of fused-ring (bicyclic) bond motifs is 1. The number of nitrogen functional groups attached to an aromatic ring is 1. The molecule has 1 atom stereocenters. The summed E-state index contributed by atoms with van der Waals surface area (Å²) in [7, 11) is 3.33. The molecular weight excluding hydrogens is 296 g/mol. The van der Waals surface area contributed by atoms with E-state index in [4.69, 9.17) is 20.2 Å². The van der Waals surface area contributed by atoms with Gasteiger partial charge >= 0.3 is 5.97 Å². The highest BCUT2D eigenvalue weighted by molar-refractivity contribution is 5.84. The lowest BCUT2D eigenvalue weighted by Crippen LogP contribution is -2.34. The first kappa shape index (κ1) is 15.8. The fourth-order valence-electron chi connectivity index (χ4n) is 2.95. The number of anilines is 1. The minimum atomic E-state index is -0.237. The van der Waals surface area contributed by atoms with E-state index in [2.05, 4.69) is 5.32 Å². The highest BCUT2D eigenvalue weighted by atomic mass is 16.5. The summed E-state index contributed by atoms with van der Waals surface area (Å²) in [6.45, 7) is 2.13. The maximum absolute atomic E-state index is 11.4. The number of methoxy groups -OCH3 is 1. The van der Waals surface area contributed by atoms with Crippen LogP contribution >= 0.6 is 0 Å². The van der Waals surface area contributed by atoms with Crippen LogP contribution < -0.4 is 11.1 Å². The van der Waals surface area contributed by atoms with Crippen LogP contribution in [0.1, 0.15) is 23.9 Å². The molecule has 1 aromatic carbocycles. The number of carbonyl (C=O) groups excluding carboxylic acids is 1. The topological polar surface area (TPSA) is 91.4 Å². The number of ether oxygens (including phenoxy) is 2. The third-order valence-electron chi connectivity index (χ3n) is 4.21. The number of carbonyl (C=O) groups is 1. The SMILES string of the molecule is COC(=O)CCc1nc2c(C3COCCN3)cc(N)cc2n1C. The second-order valence-corrected chi connectivity index (χ2v) is 5.72. The minimum absolute atomic E-state index is 0.0816. The molecule has 0 spiro atoms. The molecule has 3 N–H and O–H groups in total. The maximum Gasteiger partial charge on any atom is 0.305 e. The van der Waals surface area contributed by atoms with Crippen LogP contribution in [0.2, 0.25) is 0 Å². The summed E-state index contributed by atoms with van der Waals surface area (Å²) in [5.74, 6) is 0.605. The van der Waals surface area contributed by atoms with Gasteiger partial charge in [0.25, 0.3) is 0 Å². The quantitative estimate of drug-likeness (QED) is 0.643. The number of imidazole rings is 1. The molecule has 1 aromatic heterocycles. The molecule has 2 aromatic rings. The summed E-state index contributed by atoms with van der Waals surface area (Å²) in [4.78, 5) is 16.1. The van der Waals surface area contributed by atoms with Crippen molar-refractivity contribution in [3.63, 3.8) is 0 Å². The van der Waals surface area contributed by atoms with Gasteiger partial charge < -0.3 is 25.1 Å². The molecule has 23 heavy (non-hydrogen) atoms. The molecule has 0 radical (unpaired) electrons. The number of esters is 1. The van der Waals surface area contributed by atoms with Crippen molar-refractivity contribution in [2.75, 3.05) is 32.6 Å². The number of morpholine rings is 1. The monoisotopic (exact) mass is 318 g/mol. The molecule has 0 amide bonds. The van der Waals surface area contributed by atoms with Crippen LogP contribution in [0.4, 0.5) is 5.69 Å². The van der Waals surface area contributed by atoms with Gasteiger partial charge in [0, 0.05) is 31.3 Å². The molecule has 0 saturated carbocycles. The summed E-state index contributed by atoms with van der Waals surface area (Å²) in [5.41, 5.74) is 9.68. The van der Waals surface area contributed by atoms with Gasteiger partial charge in [0.15, 0.2) is 0 Å². The number of nitrogens with zero attached hydrogens (tertiary/aromatic N) is 2. The molecule has 1 aliphatic heterocycles. The second kappa shape index (κ2) is 6.55. The molecule has 0 bridgehead atoms. The number of rotatable bonds is 4. The lowest BCUT2D eigenvalue weighted by Gasteiger charge is -2.24. The molecule has 7 nitrogen and oxygen atoms in total. The second-order valence-electron chi connectivity index (χ2n) is 5.72. The Morgan fingerprint density at radius 3 is 3.09 bits per heavy atom. The lowest BCUT2D eigenvalue weighted by atomic mass is 10.0. The zero-order valence-corrected chi connectivity index (χ0v) is 13.5. The lowest BCUT2D eigenvalue weighted by molar-refractivity contribution is -0.140. The van der Waals surface area contributed by atoms with E-state index in [9.17, 15) is 4.79 Å². The summed E-state index contributed by atoms with van der Waals surface area (Å²) >= 11 is 0.